The zero-order valence-electron chi connectivity index (χ0n) is 7.34. The number of hydrogen-bond donors (Lipinski definition) is 2. The quantitative estimate of drug-likeness (QED) is 0.674. The van der Waals surface area contributed by atoms with E-state index in [9.17, 15) is 9.90 Å². The second kappa shape index (κ2) is 2.60. The first-order valence-corrected chi connectivity index (χ1v) is 4.73. The lowest BCUT2D eigenvalue weighted by Gasteiger charge is -1.94. The van der Waals surface area contributed by atoms with Crippen LogP contribution in [-0.2, 0) is 0 Å². The summed E-state index contributed by atoms with van der Waals surface area (Å²) in [5, 5.41) is 10.3. The summed E-state index contributed by atoms with van der Waals surface area (Å²) in [5.41, 5.74) is 0.778. The van der Waals surface area contributed by atoms with E-state index < -0.39 is 0 Å². The van der Waals surface area contributed by atoms with Crippen molar-refractivity contribution in [3.05, 3.63) is 26.9 Å². The van der Waals surface area contributed by atoms with Gasteiger partial charge < -0.3 is 10.1 Å². The van der Waals surface area contributed by atoms with Gasteiger partial charge in [0.2, 0.25) is 0 Å². The minimum absolute atomic E-state index is 0.0700. The molecule has 2 aromatic rings. The van der Waals surface area contributed by atoms with E-state index in [1.165, 1.54) is 17.4 Å². The van der Waals surface area contributed by atoms with Gasteiger partial charge in [0.15, 0.2) is 0 Å². The molecule has 2 rings (SSSR count). The predicted octanol–water partition coefficient (Wildman–Crippen LogP) is 1.91. The largest absolute Gasteiger partial charge is 0.507 e. The van der Waals surface area contributed by atoms with Crippen LogP contribution in [0.4, 0.5) is 0 Å². The van der Waals surface area contributed by atoms with Crippen molar-refractivity contribution >= 4 is 21.6 Å². The van der Waals surface area contributed by atoms with Crippen LogP contribution >= 0.6 is 11.3 Å². The third-order valence-electron chi connectivity index (χ3n) is 2.15. The van der Waals surface area contributed by atoms with Gasteiger partial charge in [0.05, 0.1) is 5.39 Å². The number of H-pyrrole nitrogens is 1. The highest BCUT2D eigenvalue weighted by atomic mass is 32.1. The molecule has 0 fully saturated rings. The molecule has 4 heteroatoms. The van der Waals surface area contributed by atoms with E-state index >= 15 is 0 Å². The second-order valence-electron chi connectivity index (χ2n) is 3.01. The van der Waals surface area contributed by atoms with Gasteiger partial charge >= 0.3 is 0 Å². The summed E-state index contributed by atoms with van der Waals surface area (Å²) >= 11 is 1.49. The lowest BCUT2D eigenvalue weighted by molar-refractivity contribution is 0.480. The molecule has 2 aromatic heterocycles. The van der Waals surface area contributed by atoms with Crippen molar-refractivity contribution in [1.82, 2.24) is 4.98 Å². The smallest absolute Gasteiger partial charge is 0.252 e. The molecule has 0 spiro atoms. The highest BCUT2D eigenvalue weighted by Crippen LogP contribution is 2.32. The Bertz CT molecular complexity index is 524. The van der Waals surface area contributed by atoms with E-state index in [1.54, 1.807) is 0 Å². The van der Waals surface area contributed by atoms with Crippen molar-refractivity contribution in [2.75, 3.05) is 0 Å². The Hall–Kier alpha value is -1.29. The molecule has 0 bridgehead atoms. The molecule has 0 saturated heterocycles. The molecular formula is C9H9NO2S. The first kappa shape index (κ1) is 8.31. The number of aromatic nitrogens is 1. The highest BCUT2D eigenvalue weighted by molar-refractivity contribution is 7.18. The summed E-state index contributed by atoms with van der Waals surface area (Å²) in [4.78, 5) is 15.6. The zero-order valence-corrected chi connectivity index (χ0v) is 8.16. The van der Waals surface area contributed by atoms with Crippen LogP contribution < -0.4 is 5.56 Å². The molecule has 0 aliphatic heterocycles. The van der Waals surface area contributed by atoms with Gasteiger partial charge in [-0.2, -0.15) is 0 Å². The standard InChI is InChI=1S/C9H9NO2S/c1-4-5(2)13-9-8(4)6(11)3-7(12)10-9/h3H,1-2H3,(H2,10,11,12). The first-order valence-electron chi connectivity index (χ1n) is 3.91. The molecule has 0 amide bonds. The maximum atomic E-state index is 11.0. The average Bonchev–Trinajstić information content (AvgIpc) is 2.27. The fraction of sp³-hybridized carbons (Fsp3) is 0.222. The van der Waals surface area contributed by atoms with E-state index in [-0.39, 0.29) is 11.3 Å². The lowest BCUT2D eigenvalue weighted by Crippen LogP contribution is -2.01. The van der Waals surface area contributed by atoms with Crippen molar-refractivity contribution in [2.45, 2.75) is 13.8 Å². The third kappa shape index (κ3) is 1.14. The predicted molar refractivity (Wildman–Crippen MR) is 53.6 cm³/mol. The summed E-state index contributed by atoms with van der Waals surface area (Å²) in [7, 11) is 0. The number of thiophene rings is 1. The Morgan fingerprint density at radius 3 is 2.85 bits per heavy atom. The Kier molecular flexibility index (Phi) is 1.66. The average molecular weight is 195 g/mol. The van der Waals surface area contributed by atoms with Crippen LogP contribution in [0.3, 0.4) is 0 Å². The highest BCUT2D eigenvalue weighted by Gasteiger charge is 2.09. The van der Waals surface area contributed by atoms with Crippen LogP contribution in [-0.4, -0.2) is 10.1 Å². The van der Waals surface area contributed by atoms with Crippen LogP contribution in [0.5, 0.6) is 5.75 Å². The first-order chi connectivity index (χ1) is 6.09. The van der Waals surface area contributed by atoms with Crippen LogP contribution in [0, 0.1) is 13.8 Å². The van der Waals surface area contributed by atoms with E-state index in [2.05, 4.69) is 4.98 Å². The van der Waals surface area contributed by atoms with Gasteiger partial charge in [0.1, 0.15) is 10.6 Å². The molecule has 2 N–H and O–H groups in total. The molecule has 68 valence electrons. The summed E-state index contributed by atoms with van der Waals surface area (Å²) in [5.74, 6) is 0.0700. The Morgan fingerprint density at radius 1 is 1.46 bits per heavy atom. The van der Waals surface area contributed by atoms with Crippen molar-refractivity contribution in [3.8, 4) is 5.75 Å². The van der Waals surface area contributed by atoms with E-state index in [1.807, 2.05) is 13.8 Å². The maximum absolute atomic E-state index is 11.0. The maximum Gasteiger partial charge on any atom is 0.252 e. The summed E-state index contributed by atoms with van der Waals surface area (Å²) in [6.45, 7) is 3.91. The monoisotopic (exact) mass is 195 g/mol. The Morgan fingerprint density at radius 2 is 2.15 bits per heavy atom. The Labute approximate surface area is 78.7 Å². The molecule has 0 aromatic carbocycles. The van der Waals surface area contributed by atoms with Crippen LogP contribution in [0.1, 0.15) is 10.4 Å². The van der Waals surface area contributed by atoms with E-state index in [0.29, 0.717) is 0 Å². The topological polar surface area (TPSA) is 53.1 Å². The molecule has 0 saturated carbocycles. The number of aryl methyl sites for hydroxylation is 2. The molecule has 2 heterocycles. The second-order valence-corrected chi connectivity index (χ2v) is 4.23. The van der Waals surface area contributed by atoms with Crippen LogP contribution in [0.2, 0.25) is 0 Å². The van der Waals surface area contributed by atoms with Crippen molar-refractivity contribution in [2.24, 2.45) is 0 Å². The number of nitrogens with one attached hydrogen (secondary N) is 1. The Balaban J connectivity index is 3.03. The number of aromatic amines is 1. The molecule has 0 radical (unpaired) electrons. The van der Waals surface area contributed by atoms with Gasteiger partial charge in [0, 0.05) is 10.9 Å². The zero-order chi connectivity index (χ0) is 9.59. The fourth-order valence-electron chi connectivity index (χ4n) is 1.37. The molecular weight excluding hydrogens is 186 g/mol. The van der Waals surface area contributed by atoms with Crippen LogP contribution in [0.15, 0.2) is 10.9 Å². The lowest BCUT2D eigenvalue weighted by atomic mass is 10.2. The number of hydrogen-bond acceptors (Lipinski definition) is 3. The van der Waals surface area contributed by atoms with E-state index in [4.69, 9.17) is 0 Å². The van der Waals surface area contributed by atoms with Crippen LogP contribution in [0.25, 0.3) is 10.2 Å². The van der Waals surface area contributed by atoms with Crippen molar-refractivity contribution in [3.63, 3.8) is 0 Å². The number of aromatic hydroxyl groups is 1. The van der Waals surface area contributed by atoms with Gasteiger partial charge in [-0.15, -0.1) is 11.3 Å². The van der Waals surface area contributed by atoms with Crippen molar-refractivity contribution in [1.29, 1.82) is 0 Å². The molecule has 0 unspecified atom stereocenters. The molecule has 3 nitrogen and oxygen atoms in total. The third-order valence-corrected chi connectivity index (χ3v) is 3.27. The van der Waals surface area contributed by atoms with Gasteiger partial charge in [-0.25, -0.2) is 0 Å². The summed E-state index contributed by atoms with van der Waals surface area (Å²) < 4.78 is 0. The fourth-order valence-corrected chi connectivity index (χ4v) is 2.44. The number of pyridine rings is 1. The molecule has 13 heavy (non-hydrogen) atoms. The van der Waals surface area contributed by atoms with Crippen molar-refractivity contribution < 1.29 is 5.11 Å². The normalized spacial score (nSPS) is 10.9. The van der Waals surface area contributed by atoms with Gasteiger partial charge in [0.25, 0.3) is 5.56 Å². The SMILES string of the molecule is Cc1sc2[nH]c(=O)cc(O)c2c1C. The minimum Gasteiger partial charge on any atom is -0.507 e. The molecule has 0 aliphatic carbocycles. The van der Waals surface area contributed by atoms with Gasteiger partial charge in [-0.3, -0.25) is 4.79 Å². The number of rotatable bonds is 0. The number of fused-ring (bicyclic) bond motifs is 1. The molecule has 0 aliphatic rings. The summed E-state index contributed by atoms with van der Waals surface area (Å²) in [6, 6.07) is 1.21. The van der Waals surface area contributed by atoms with E-state index in [0.717, 1.165) is 20.7 Å². The summed E-state index contributed by atoms with van der Waals surface area (Å²) in [6.07, 6.45) is 0. The van der Waals surface area contributed by atoms with Gasteiger partial charge in [-0.05, 0) is 19.4 Å². The van der Waals surface area contributed by atoms with Gasteiger partial charge in [-0.1, -0.05) is 0 Å². The minimum atomic E-state index is -0.258. The molecule has 0 atom stereocenters.